The molecule has 0 bridgehead atoms. The number of likely N-dealkylation sites (tertiary alicyclic amines) is 1. The van der Waals surface area contributed by atoms with E-state index in [2.05, 4.69) is 5.32 Å². The number of hydrogen-bond donors (Lipinski definition) is 1. The van der Waals surface area contributed by atoms with Gasteiger partial charge < -0.3 is 10.2 Å². The fourth-order valence-corrected chi connectivity index (χ4v) is 1.71. The van der Waals surface area contributed by atoms with Gasteiger partial charge in [0.05, 0.1) is 0 Å². The van der Waals surface area contributed by atoms with Crippen molar-refractivity contribution in [1.82, 2.24) is 10.2 Å². The van der Waals surface area contributed by atoms with Crippen LogP contribution in [0.5, 0.6) is 0 Å². The fraction of sp³-hybridized carbons (Fsp3) is 0.857. The molecule has 2 rings (SSSR count). The zero-order valence-electron chi connectivity index (χ0n) is 6.54. The topological polar surface area (TPSA) is 32.3 Å². The van der Waals surface area contributed by atoms with Gasteiger partial charge in [0.1, 0.15) is 0 Å². The highest BCUT2D eigenvalue weighted by molar-refractivity contribution is 5.85. The molecule has 2 saturated heterocycles. The van der Waals surface area contributed by atoms with E-state index in [1.54, 1.807) is 6.92 Å². The minimum absolute atomic E-state index is 0. The van der Waals surface area contributed by atoms with Gasteiger partial charge >= 0.3 is 0 Å². The summed E-state index contributed by atoms with van der Waals surface area (Å²) in [5, 5.41) is 3.30. The standard InChI is InChI=1S/C7H12N2O.ClH/c1-5(10)9-3-6-2-8-7(6)4-9;/h6-8H,2-4H2,1H3;1H. The number of nitrogens with zero attached hydrogens (tertiary/aromatic N) is 1. The molecule has 64 valence electrons. The van der Waals surface area contributed by atoms with E-state index in [9.17, 15) is 4.79 Å². The molecule has 0 spiro atoms. The van der Waals surface area contributed by atoms with Gasteiger partial charge in [-0.3, -0.25) is 4.79 Å². The van der Waals surface area contributed by atoms with Crippen LogP contribution in [0.2, 0.25) is 0 Å². The first-order valence-electron chi connectivity index (χ1n) is 3.76. The van der Waals surface area contributed by atoms with Gasteiger partial charge in [0, 0.05) is 38.5 Å². The van der Waals surface area contributed by atoms with Gasteiger partial charge in [-0.25, -0.2) is 0 Å². The fourth-order valence-electron chi connectivity index (χ4n) is 1.71. The first-order chi connectivity index (χ1) is 4.77. The van der Waals surface area contributed by atoms with Crippen molar-refractivity contribution < 1.29 is 4.79 Å². The summed E-state index contributed by atoms with van der Waals surface area (Å²) in [6.07, 6.45) is 0. The molecule has 2 aliphatic heterocycles. The maximum atomic E-state index is 10.9. The summed E-state index contributed by atoms with van der Waals surface area (Å²) in [6.45, 7) is 4.66. The van der Waals surface area contributed by atoms with Crippen LogP contribution in [0.4, 0.5) is 0 Å². The van der Waals surface area contributed by atoms with Crippen molar-refractivity contribution in [3.63, 3.8) is 0 Å². The third-order valence-corrected chi connectivity index (χ3v) is 2.53. The van der Waals surface area contributed by atoms with E-state index in [1.807, 2.05) is 4.90 Å². The SMILES string of the molecule is CC(=O)N1CC2CNC2C1.Cl. The first-order valence-corrected chi connectivity index (χ1v) is 3.76. The lowest BCUT2D eigenvalue weighted by atomic mass is 9.96. The van der Waals surface area contributed by atoms with Crippen LogP contribution < -0.4 is 5.32 Å². The van der Waals surface area contributed by atoms with E-state index in [1.165, 1.54) is 0 Å². The average Bonchev–Trinajstić information content (AvgIpc) is 2.09. The molecular formula is C7H13ClN2O. The van der Waals surface area contributed by atoms with E-state index in [0.29, 0.717) is 6.04 Å². The number of rotatable bonds is 0. The molecule has 0 aromatic carbocycles. The Bertz CT molecular complexity index is 162. The van der Waals surface area contributed by atoms with Crippen molar-refractivity contribution in [3.05, 3.63) is 0 Å². The summed E-state index contributed by atoms with van der Waals surface area (Å²) < 4.78 is 0. The van der Waals surface area contributed by atoms with Gasteiger partial charge in [-0.05, 0) is 0 Å². The number of amides is 1. The van der Waals surface area contributed by atoms with Crippen molar-refractivity contribution in [2.24, 2.45) is 5.92 Å². The van der Waals surface area contributed by atoms with Crippen LogP contribution >= 0.6 is 12.4 Å². The minimum Gasteiger partial charge on any atom is -0.341 e. The van der Waals surface area contributed by atoms with Crippen LogP contribution in [0.15, 0.2) is 0 Å². The lowest BCUT2D eigenvalue weighted by Crippen LogP contribution is -2.51. The Morgan fingerprint density at radius 2 is 2.27 bits per heavy atom. The Hall–Kier alpha value is -0.280. The zero-order valence-corrected chi connectivity index (χ0v) is 7.36. The largest absolute Gasteiger partial charge is 0.341 e. The van der Waals surface area contributed by atoms with Gasteiger partial charge in [-0.15, -0.1) is 12.4 Å². The summed E-state index contributed by atoms with van der Waals surface area (Å²) >= 11 is 0. The minimum atomic E-state index is 0. The van der Waals surface area contributed by atoms with Crippen LogP contribution in [-0.2, 0) is 4.79 Å². The maximum Gasteiger partial charge on any atom is 0.219 e. The van der Waals surface area contributed by atoms with Crippen molar-refractivity contribution in [3.8, 4) is 0 Å². The molecule has 11 heavy (non-hydrogen) atoms. The molecule has 0 saturated carbocycles. The molecule has 2 heterocycles. The molecule has 1 amide bonds. The highest BCUT2D eigenvalue weighted by Gasteiger charge is 2.39. The van der Waals surface area contributed by atoms with Crippen molar-refractivity contribution >= 4 is 18.3 Å². The summed E-state index contributed by atoms with van der Waals surface area (Å²) in [7, 11) is 0. The molecule has 0 aromatic rings. The van der Waals surface area contributed by atoms with E-state index in [0.717, 1.165) is 25.6 Å². The summed E-state index contributed by atoms with van der Waals surface area (Å²) in [6, 6.07) is 0.615. The quantitative estimate of drug-likeness (QED) is 0.557. The van der Waals surface area contributed by atoms with Crippen molar-refractivity contribution in [1.29, 1.82) is 0 Å². The number of carbonyl (C=O) groups excluding carboxylic acids is 1. The predicted molar refractivity (Wildman–Crippen MR) is 44.8 cm³/mol. The number of fused-ring (bicyclic) bond motifs is 1. The van der Waals surface area contributed by atoms with Crippen LogP contribution in [0, 0.1) is 5.92 Å². The molecule has 0 aromatic heterocycles. The van der Waals surface area contributed by atoms with Crippen LogP contribution in [-0.4, -0.2) is 36.5 Å². The van der Waals surface area contributed by atoms with E-state index < -0.39 is 0 Å². The Kier molecular flexibility index (Phi) is 2.40. The summed E-state index contributed by atoms with van der Waals surface area (Å²) in [5.41, 5.74) is 0. The molecule has 1 N–H and O–H groups in total. The molecule has 0 aliphatic carbocycles. The molecule has 2 fully saturated rings. The highest BCUT2D eigenvalue weighted by atomic mass is 35.5. The second-order valence-electron chi connectivity index (χ2n) is 3.20. The first kappa shape index (κ1) is 8.81. The molecule has 4 heteroatoms. The Balaban J connectivity index is 0.000000605. The van der Waals surface area contributed by atoms with E-state index in [-0.39, 0.29) is 18.3 Å². The van der Waals surface area contributed by atoms with Crippen LogP contribution in [0.25, 0.3) is 0 Å². The van der Waals surface area contributed by atoms with Gasteiger partial charge in [-0.1, -0.05) is 0 Å². The second kappa shape index (κ2) is 2.99. The number of hydrogen-bond acceptors (Lipinski definition) is 2. The van der Waals surface area contributed by atoms with Crippen LogP contribution in [0.3, 0.4) is 0 Å². The van der Waals surface area contributed by atoms with E-state index >= 15 is 0 Å². The van der Waals surface area contributed by atoms with Crippen molar-refractivity contribution in [2.75, 3.05) is 19.6 Å². The Morgan fingerprint density at radius 3 is 2.55 bits per heavy atom. The molecule has 2 atom stereocenters. The number of halogens is 1. The van der Waals surface area contributed by atoms with E-state index in [4.69, 9.17) is 0 Å². The maximum absolute atomic E-state index is 10.9. The zero-order chi connectivity index (χ0) is 7.14. The monoisotopic (exact) mass is 176 g/mol. The molecule has 2 unspecified atom stereocenters. The summed E-state index contributed by atoms with van der Waals surface area (Å²) in [5.74, 6) is 0.972. The number of carbonyl (C=O) groups is 1. The lowest BCUT2D eigenvalue weighted by Gasteiger charge is -2.29. The smallest absolute Gasteiger partial charge is 0.219 e. The third kappa shape index (κ3) is 1.35. The summed E-state index contributed by atoms with van der Waals surface area (Å²) in [4.78, 5) is 12.8. The van der Waals surface area contributed by atoms with Gasteiger partial charge in [0.2, 0.25) is 5.91 Å². The molecule has 3 nitrogen and oxygen atoms in total. The Morgan fingerprint density at radius 1 is 1.55 bits per heavy atom. The molecular weight excluding hydrogens is 164 g/mol. The molecule has 0 radical (unpaired) electrons. The predicted octanol–water partition coefficient (Wildman–Crippen LogP) is -0.142. The second-order valence-corrected chi connectivity index (χ2v) is 3.20. The Labute approximate surface area is 72.5 Å². The van der Waals surface area contributed by atoms with Crippen molar-refractivity contribution in [2.45, 2.75) is 13.0 Å². The molecule has 2 aliphatic rings. The highest BCUT2D eigenvalue weighted by Crippen LogP contribution is 2.22. The van der Waals surface area contributed by atoms with Gasteiger partial charge in [0.25, 0.3) is 0 Å². The van der Waals surface area contributed by atoms with Gasteiger partial charge in [-0.2, -0.15) is 0 Å². The van der Waals surface area contributed by atoms with Crippen LogP contribution in [0.1, 0.15) is 6.92 Å². The third-order valence-electron chi connectivity index (χ3n) is 2.53. The van der Waals surface area contributed by atoms with Gasteiger partial charge in [0.15, 0.2) is 0 Å². The average molecular weight is 177 g/mol. The normalized spacial score (nSPS) is 33.7. The lowest BCUT2D eigenvalue weighted by molar-refractivity contribution is -0.127. The number of nitrogens with one attached hydrogen (secondary N) is 1.